The molecule has 0 bridgehead atoms. The lowest BCUT2D eigenvalue weighted by Crippen LogP contribution is -2.22. The van der Waals surface area contributed by atoms with Crippen molar-refractivity contribution in [2.24, 2.45) is 0 Å². The molecule has 36 heteroatoms. The fourth-order valence-electron chi connectivity index (χ4n) is 10.7. The summed E-state index contributed by atoms with van der Waals surface area (Å²) in [6.07, 6.45) is -3.49. The molecule has 0 aliphatic carbocycles. The van der Waals surface area contributed by atoms with Gasteiger partial charge in [0.2, 0.25) is 10.0 Å². The van der Waals surface area contributed by atoms with Crippen LogP contribution in [0.5, 0.6) is 11.5 Å². The first-order valence-electron chi connectivity index (χ1n) is 46.8. The van der Waals surface area contributed by atoms with Crippen molar-refractivity contribution in [1.82, 2.24) is 0 Å². The van der Waals surface area contributed by atoms with Gasteiger partial charge >= 0.3 is 6.36 Å². The number of sulfonamides is 1. The molecule has 0 fully saturated rings. The van der Waals surface area contributed by atoms with Gasteiger partial charge in [0, 0.05) is 139 Å². The first-order valence-corrected chi connectivity index (χ1v) is 54.4. The Labute approximate surface area is 876 Å². The van der Waals surface area contributed by atoms with Crippen LogP contribution >= 0.6 is 11.6 Å². The minimum atomic E-state index is -4.67. The van der Waals surface area contributed by atoms with Crippen molar-refractivity contribution in [2.45, 2.75) is 232 Å². The van der Waals surface area contributed by atoms with E-state index in [4.69, 9.17) is 45.0 Å². The van der Waals surface area contributed by atoms with Crippen LogP contribution in [0.25, 0.3) is 0 Å². The van der Waals surface area contributed by atoms with E-state index in [1.54, 1.807) is 114 Å². The average Bonchev–Trinajstić information content (AvgIpc) is 0.852. The summed E-state index contributed by atoms with van der Waals surface area (Å²) in [5, 5.41) is 19.1. The number of nitrogen functional groups attached to an aromatic ring is 5. The van der Waals surface area contributed by atoms with Gasteiger partial charge in [-0.2, -0.15) is 0 Å². The summed E-state index contributed by atoms with van der Waals surface area (Å²) in [6, 6.07) is 93.3. The second-order valence-corrected chi connectivity index (χ2v) is 45.6. The van der Waals surface area contributed by atoms with Crippen LogP contribution in [0.2, 0.25) is 5.02 Å². The molecule has 0 radical (unpaired) electrons. The lowest BCUT2D eigenvalue weighted by atomic mass is 9.87. The molecule has 0 aromatic heterocycles. The molecule has 26 nitrogen and oxygen atoms in total. The monoisotopic (exact) mass is 2130 g/mol. The predicted molar refractivity (Wildman–Crippen MR) is 601 cm³/mol. The summed E-state index contributed by atoms with van der Waals surface area (Å²) in [5.74, 6) is 1.79. The molecule has 12 rings (SSSR count). The molecule has 12 aromatic carbocycles. The number of nitrogens with one attached hydrogen (secondary N) is 7. The maximum Gasteiger partial charge on any atom is 0.573 e. The van der Waals surface area contributed by atoms with Gasteiger partial charge in [0.1, 0.15) is 11.5 Å². The van der Waals surface area contributed by atoms with Crippen molar-refractivity contribution < 1.29 is 74.9 Å². The Bertz CT molecular complexity index is 5630. The van der Waals surface area contributed by atoms with Crippen LogP contribution in [0.15, 0.2) is 291 Å². The maximum atomic E-state index is 12.0. The van der Waals surface area contributed by atoms with E-state index in [0.717, 1.165) is 99.3 Å². The van der Waals surface area contributed by atoms with E-state index in [1.165, 1.54) is 69.6 Å². The van der Waals surface area contributed by atoms with Gasteiger partial charge in [-0.05, 0) is 270 Å². The van der Waals surface area contributed by atoms with Gasteiger partial charge in [-0.25, -0.2) is 8.42 Å². The topological polar surface area (TPSA) is 468 Å². The summed E-state index contributed by atoms with van der Waals surface area (Å²) in [5.41, 5.74) is 50.2. The van der Waals surface area contributed by atoms with Crippen LogP contribution in [0, 0.1) is 0 Å². The predicted octanol–water partition coefficient (Wildman–Crippen LogP) is 24.7. The van der Waals surface area contributed by atoms with Crippen molar-refractivity contribution in [3.05, 3.63) is 346 Å². The summed E-state index contributed by atoms with van der Waals surface area (Å²) in [7, 11) is -1.67. The molecule has 6 atom stereocenters. The molecule has 0 spiro atoms. The van der Waals surface area contributed by atoms with Crippen LogP contribution < -0.4 is 74.8 Å². The molecule has 0 aliphatic heterocycles. The van der Waals surface area contributed by atoms with Crippen LogP contribution in [0.3, 0.4) is 0 Å². The summed E-state index contributed by atoms with van der Waals surface area (Å²) >= 11 is -3.53. The highest BCUT2D eigenvalue weighted by molar-refractivity contribution is 7.93. The second-order valence-electron chi connectivity index (χ2n) is 35.6. The third-order valence-corrected chi connectivity index (χ3v) is 25.9. The molecule has 0 saturated heterocycles. The number of hydrogen-bond acceptors (Lipinski definition) is 25. The third kappa shape index (κ3) is 60.8. The number of hydrogen-bond donors (Lipinski definition) is 12. The Morgan fingerprint density at radius 3 is 0.738 bits per heavy atom. The van der Waals surface area contributed by atoms with Gasteiger partial charge in [0.15, 0.2) is 0 Å². The van der Waals surface area contributed by atoms with E-state index < -0.39 is 77.0 Å². The Morgan fingerprint density at radius 2 is 0.531 bits per heavy atom. The number of ether oxygens (including phenoxy) is 2. The van der Waals surface area contributed by atoms with Gasteiger partial charge < -0.3 is 92.8 Å². The second kappa shape index (κ2) is 69.5. The summed E-state index contributed by atoms with van der Waals surface area (Å²) in [6.45, 7) is 39.6. The molecule has 12 aromatic rings. The molecule has 17 N–H and O–H groups in total. The van der Waals surface area contributed by atoms with Crippen molar-refractivity contribution in [3.8, 4) is 11.5 Å². The van der Waals surface area contributed by atoms with E-state index in [1.807, 2.05) is 158 Å². The van der Waals surface area contributed by atoms with Gasteiger partial charge in [-0.1, -0.05) is 294 Å². The molecule has 145 heavy (non-hydrogen) atoms. The molecule has 0 amide bonds. The molecule has 0 aliphatic rings. The van der Waals surface area contributed by atoms with Gasteiger partial charge in [-0.3, -0.25) is 25.8 Å². The largest absolute Gasteiger partial charge is 0.772 e. The zero-order valence-corrected chi connectivity index (χ0v) is 92.0. The fraction of sp³-hybridized carbons (Fsp3) is 0.339. The van der Waals surface area contributed by atoms with E-state index >= 15 is 0 Å². The number of methoxy groups -OCH3 is 1. The fourth-order valence-corrected chi connectivity index (χ4v) is 11.5. The molecular weight excluding hydrogens is 1990 g/mol. The minimum Gasteiger partial charge on any atom is -0.772 e. The van der Waals surface area contributed by atoms with Crippen molar-refractivity contribution in [1.29, 1.82) is 0 Å². The van der Waals surface area contributed by atoms with Crippen molar-refractivity contribution in [2.75, 3.05) is 72.4 Å². The number of benzene rings is 12. The Balaban J connectivity index is 0.000000556. The number of halogens is 4. The highest BCUT2D eigenvalue weighted by Gasteiger charge is 2.31. The first-order chi connectivity index (χ1) is 68.1. The molecule has 0 heterocycles. The number of rotatable bonds is 31. The van der Waals surface area contributed by atoms with E-state index in [2.05, 4.69) is 175 Å². The zero-order chi connectivity index (χ0) is 109. The molecule has 0 saturated carbocycles. The molecule has 6 unspecified atom stereocenters. The first kappa shape index (κ1) is 129. The van der Waals surface area contributed by atoms with E-state index in [-0.39, 0.29) is 37.4 Å². The van der Waals surface area contributed by atoms with Crippen LogP contribution in [-0.2, 0) is 110 Å². The summed E-state index contributed by atoms with van der Waals surface area (Å²) in [4.78, 5) is 0. The Morgan fingerprint density at radius 1 is 0.324 bits per heavy atom. The Hall–Kier alpha value is -11.6. The number of anilines is 12. The average molecular weight is 2130 g/mol. The maximum absolute atomic E-state index is 12.0. The lowest BCUT2D eigenvalue weighted by Gasteiger charge is -2.19. The van der Waals surface area contributed by atoms with Crippen LogP contribution in [0.4, 0.5) is 81.4 Å². The SMILES string of the molecule is CC(C)(C)c1ccc(NCc2ccc(N)cc2)cc1.CC(C)S(=O)[O-].CC(C)S(=O)[O-].CC(C)S(=O)[O-].CC(C)S(=O)[O-].CC(C)S(=O)[O-].CC(C)c1ccc(NCc2ccc(N)cc2)cc1.CCC(C)c1ccc(NCc2ccc(N)cc2)cc1.COc1ccc(NCc2ccc(NS(=O)(=O)C(C)C)cc2)cc1.Nc1ccc(CNc2ccc(Cl)cc2)cc1.Nc1ccc(CNc2ccc(OC(F)(F)F)cc2)cc1. The highest BCUT2D eigenvalue weighted by Crippen LogP contribution is 2.29. The zero-order valence-electron chi connectivity index (χ0n) is 86.3. The molecule has 796 valence electrons. The minimum absolute atomic E-state index is 0.204. The van der Waals surface area contributed by atoms with Crippen LogP contribution in [-0.4, -0.2) is 97.2 Å². The van der Waals surface area contributed by atoms with Gasteiger partial charge in [-0.15, -0.1) is 13.2 Å². The normalized spacial score (nSPS) is 12.0. The van der Waals surface area contributed by atoms with Gasteiger partial charge in [0.05, 0.1) is 12.4 Å². The van der Waals surface area contributed by atoms with Crippen molar-refractivity contribution in [3.63, 3.8) is 0 Å². The quantitative estimate of drug-likeness (QED) is 0.0142. The van der Waals surface area contributed by atoms with E-state index in [9.17, 15) is 65.4 Å². The third-order valence-electron chi connectivity index (χ3n) is 20.1. The van der Waals surface area contributed by atoms with Gasteiger partial charge in [0.25, 0.3) is 0 Å². The van der Waals surface area contributed by atoms with Crippen molar-refractivity contribution >= 4 is 145 Å². The molecular formula is C109H147ClF3N12O14S6-5. The highest BCUT2D eigenvalue weighted by atomic mass is 35.5. The van der Waals surface area contributed by atoms with E-state index in [0.29, 0.717) is 42.0 Å². The lowest BCUT2D eigenvalue weighted by molar-refractivity contribution is -0.274. The number of alkyl halides is 3. The summed E-state index contributed by atoms with van der Waals surface area (Å²) < 4.78 is 168. The van der Waals surface area contributed by atoms with Crippen LogP contribution in [0.1, 0.15) is 200 Å². The smallest absolute Gasteiger partial charge is 0.573 e. The standard InChI is InChI=1S/C17H22N2O3S.2C17H22N2.C16H20N2.C14H13F3N2O.C13H13ClN2.5C3H8O2S/c1-13(2)23(20,21)19-16-6-4-14(5-7-16)12-18-15-8-10-17(22-3)11-9-15;1-17(2,3)14-6-10-16(11-7-14)19-12-13-4-8-15(18)9-5-13;1-3-13(2)15-6-10-17(11-7-15)19-12-14-4-8-16(18)9-5-14;1-12(2)14-5-9-16(10-6-14)18-11-13-3-7-15(17)8-4-13;15-14(16,17)20-13-7-5-12(6-8-13)19-9-10-1-3-11(18)4-2-10;14-11-3-7-13(8-4-11)16-9-10-1-5-12(15)6-2-10;5*1-3(2)6(4)5/h4-11,13,18-19H,12H2,1-3H3;4-11,19H,12,18H2,1-3H3;4-11,13,19H,3,12,18H2,1-2H3;3-10,12,18H,11,17H2,1-2H3;1-8,19H,9,18H2;1-8,16H,9,15H2;5*3H,1-2H3,(H,4,5)/p-5. The number of nitrogens with two attached hydrogens (primary N) is 5. The Kier molecular flexibility index (Phi) is 62.0.